The number of aromatic amines is 2. The summed E-state index contributed by atoms with van der Waals surface area (Å²) in [6.07, 6.45) is 3.89. The smallest absolute Gasteiger partial charge is 0.326 e. The number of amides is 8. The number of carbonyl (C=O) groups excluding carboxylic acids is 8. The first kappa shape index (κ1) is 68.3. The second-order valence-corrected chi connectivity index (χ2v) is 23.1. The van der Waals surface area contributed by atoms with E-state index in [4.69, 9.17) is 11.5 Å². The largest absolute Gasteiger partial charge is 0.481 e. The van der Waals surface area contributed by atoms with Crippen molar-refractivity contribution in [2.24, 2.45) is 17.4 Å². The lowest BCUT2D eigenvalue weighted by atomic mass is 10.0. The molecule has 9 atom stereocenters. The fourth-order valence-corrected chi connectivity index (χ4v) is 10.9. The van der Waals surface area contributed by atoms with E-state index < -0.39 is 139 Å². The van der Waals surface area contributed by atoms with E-state index in [1.54, 1.807) is 93.2 Å². The number of aliphatic carboxylic acids is 3. The van der Waals surface area contributed by atoms with Crippen LogP contribution in [0.4, 0.5) is 0 Å². The summed E-state index contributed by atoms with van der Waals surface area (Å²) in [5.74, 6) is -11.0. The number of H-pyrrole nitrogens is 2. The van der Waals surface area contributed by atoms with E-state index in [9.17, 15) is 68.1 Å². The minimum absolute atomic E-state index is 0.00640. The van der Waals surface area contributed by atoms with Crippen molar-refractivity contribution in [3.63, 3.8) is 0 Å². The maximum atomic E-state index is 14.9. The van der Waals surface area contributed by atoms with Gasteiger partial charge < -0.3 is 78.9 Å². The second kappa shape index (κ2) is 33.3. The fraction of sp³-hybridized carbons (Fsp3) is 0.459. The number of unbranched alkanes of at least 4 members (excludes halogenated alkanes) is 1. The number of nitrogens with one attached hydrogen (secondary N) is 9. The second-order valence-electron chi connectivity index (χ2n) is 22.1. The van der Waals surface area contributed by atoms with Crippen LogP contribution < -0.4 is 48.7 Å². The zero-order valence-corrected chi connectivity index (χ0v) is 50.2. The molecule has 1 fully saturated rings. The number of hydrogen-bond acceptors (Lipinski definition) is 14. The van der Waals surface area contributed by atoms with E-state index in [0.717, 1.165) is 10.9 Å². The lowest BCUT2D eigenvalue weighted by Gasteiger charge is -2.31. The Morgan fingerprint density at radius 2 is 1.08 bits per heavy atom. The van der Waals surface area contributed by atoms with Crippen LogP contribution in [0.2, 0.25) is 0 Å². The third kappa shape index (κ3) is 19.6. The number of para-hydroxylation sites is 2. The Kier molecular flexibility index (Phi) is 25.9. The summed E-state index contributed by atoms with van der Waals surface area (Å²) in [5, 5.41) is 49.3. The van der Waals surface area contributed by atoms with Crippen LogP contribution in [0, 0.1) is 5.92 Å². The average Bonchev–Trinajstić information content (AvgIpc) is 3.41. The number of thioether (sulfide) groups is 1. The molecule has 88 heavy (non-hydrogen) atoms. The number of nitrogens with two attached hydrogens (primary N) is 2. The lowest BCUT2D eigenvalue weighted by Crippen LogP contribution is -2.60. The Hall–Kier alpha value is -8.82. The van der Waals surface area contributed by atoms with E-state index in [0.29, 0.717) is 46.9 Å². The molecule has 0 spiro atoms. The van der Waals surface area contributed by atoms with Crippen molar-refractivity contribution in [3.8, 4) is 0 Å². The predicted molar refractivity (Wildman–Crippen MR) is 328 cm³/mol. The summed E-state index contributed by atoms with van der Waals surface area (Å²) in [5.41, 5.74) is 15.3. The number of likely N-dealkylation sites (tertiary alicyclic amines) is 1. The zero-order valence-electron chi connectivity index (χ0n) is 49.4. The van der Waals surface area contributed by atoms with Gasteiger partial charge in [-0.15, -0.1) is 0 Å². The first-order chi connectivity index (χ1) is 42.1. The number of nitrogens with zero attached hydrogens (tertiary/aromatic N) is 1. The molecular formula is C61H80N12O14S. The number of carboxylic acid groups (broad SMARTS) is 3. The van der Waals surface area contributed by atoms with Crippen molar-refractivity contribution >= 4 is 98.7 Å². The van der Waals surface area contributed by atoms with Crippen molar-refractivity contribution in [2.45, 2.75) is 145 Å². The highest BCUT2D eigenvalue weighted by molar-refractivity contribution is 7.98. The third-order valence-electron chi connectivity index (χ3n) is 15.3. The molecule has 0 unspecified atom stereocenters. The number of carbonyl (C=O) groups is 11. The van der Waals surface area contributed by atoms with E-state index >= 15 is 0 Å². The van der Waals surface area contributed by atoms with Crippen LogP contribution >= 0.6 is 11.8 Å². The summed E-state index contributed by atoms with van der Waals surface area (Å²) >= 11 is 1.32. The van der Waals surface area contributed by atoms with Gasteiger partial charge in [-0.1, -0.05) is 80.6 Å². The Morgan fingerprint density at radius 1 is 0.580 bits per heavy atom. The Bertz CT molecular complexity index is 3260. The van der Waals surface area contributed by atoms with Gasteiger partial charge in [0, 0.05) is 66.4 Å². The summed E-state index contributed by atoms with van der Waals surface area (Å²) in [7, 11) is 0. The maximum Gasteiger partial charge on any atom is 0.326 e. The molecule has 3 aromatic carbocycles. The number of hydrogen-bond donors (Lipinski definition) is 14. The fourth-order valence-electron chi connectivity index (χ4n) is 10.4. The van der Waals surface area contributed by atoms with Crippen LogP contribution in [-0.2, 0) is 72.0 Å². The molecule has 0 bridgehead atoms. The van der Waals surface area contributed by atoms with Crippen molar-refractivity contribution in [1.29, 1.82) is 0 Å². The van der Waals surface area contributed by atoms with E-state index in [2.05, 4.69) is 47.2 Å². The van der Waals surface area contributed by atoms with Gasteiger partial charge in [-0.3, -0.25) is 47.9 Å². The molecule has 0 saturated carbocycles. The highest BCUT2D eigenvalue weighted by Gasteiger charge is 2.41. The molecule has 3 heterocycles. The Balaban J connectivity index is 1.23. The predicted octanol–water partition coefficient (Wildman–Crippen LogP) is 1.35. The Morgan fingerprint density at radius 3 is 1.62 bits per heavy atom. The van der Waals surface area contributed by atoms with E-state index in [1.807, 2.05) is 18.2 Å². The molecule has 27 heteroatoms. The van der Waals surface area contributed by atoms with Crippen LogP contribution in [0.5, 0.6) is 0 Å². The molecular weight excluding hydrogens is 1160 g/mol. The first-order valence-corrected chi connectivity index (χ1v) is 30.7. The van der Waals surface area contributed by atoms with Crippen LogP contribution in [0.3, 0.4) is 0 Å². The minimum Gasteiger partial charge on any atom is -0.481 e. The van der Waals surface area contributed by atoms with Gasteiger partial charge in [-0.2, -0.15) is 11.8 Å². The van der Waals surface area contributed by atoms with Crippen LogP contribution in [0.1, 0.15) is 88.3 Å². The van der Waals surface area contributed by atoms with Crippen LogP contribution in [0.15, 0.2) is 91.3 Å². The normalized spacial score (nSPS) is 15.8. The van der Waals surface area contributed by atoms with E-state index in [-0.39, 0.29) is 63.3 Å². The third-order valence-corrected chi connectivity index (χ3v) is 16.0. The highest BCUT2D eigenvalue weighted by atomic mass is 32.2. The van der Waals surface area contributed by atoms with Crippen molar-refractivity contribution < 1.29 is 68.1 Å². The Labute approximate surface area is 512 Å². The van der Waals surface area contributed by atoms with Gasteiger partial charge in [0.1, 0.15) is 48.3 Å². The summed E-state index contributed by atoms with van der Waals surface area (Å²) in [6, 6.07) is 10.3. The van der Waals surface area contributed by atoms with Crippen molar-refractivity contribution in [1.82, 2.24) is 52.1 Å². The van der Waals surface area contributed by atoms with Crippen molar-refractivity contribution in [2.75, 3.05) is 25.1 Å². The molecule has 1 aliphatic heterocycles. The number of rotatable bonds is 35. The molecule has 8 amide bonds. The lowest BCUT2D eigenvalue weighted by molar-refractivity contribution is -0.144. The number of aromatic nitrogens is 2. The monoisotopic (exact) mass is 1240 g/mol. The molecule has 0 aliphatic carbocycles. The van der Waals surface area contributed by atoms with Gasteiger partial charge in [0.15, 0.2) is 0 Å². The molecule has 26 nitrogen and oxygen atoms in total. The van der Waals surface area contributed by atoms with Gasteiger partial charge in [0.05, 0.1) is 12.5 Å². The molecule has 1 aliphatic rings. The number of fused-ring (bicyclic) bond motifs is 2. The van der Waals surface area contributed by atoms with Gasteiger partial charge >= 0.3 is 17.9 Å². The summed E-state index contributed by atoms with van der Waals surface area (Å²) in [4.78, 5) is 158. The molecule has 0 radical (unpaired) electrons. The summed E-state index contributed by atoms with van der Waals surface area (Å²) < 4.78 is 0. The number of benzene rings is 3. The van der Waals surface area contributed by atoms with Crippen molar-refractivity contribution in [3.05, 3.63) is 108 Å². The molecule has 16 N–H and O–H groups in total. The van der Waals surface area contributed by atoms with Gasteiger partial charge in [-0.25, -0.2) is 4.79 Å². The van der Waals surface area contributed by atoms with Gasteiger partial charge in [0.2, 0.25) is 47.3 Å². The molecule has 5 aromatic rings. The molecule has 1 saturated heterocycles. The van der Waals surface area contributed by atoms with Gasteiger partial charge in [-0.05, 0) is 98.2 Å². The first-order valence-electron chi connectivity index (χ1n) is 29.3. The molecule has 6 rings (SSSR count). The molecule has 474 valence electrons. The zero-order chi connectivity index (χ0) is 64.0. The molecule has 2 aromatic heterocycles. The SMILES string of the molecule is CSCC[C@H](NC(=O)[C@H](Cc1c[nH]c2ccccc12)NC(=O)[C@@H]1CCCN1C(=O)[C@H](CCCCN)NC(=O)[C@H](CCC(=O)O)NC(=O)[C@H](Cc1c[nH]c2ccccc12)NC(=O)[C@@H](N)C(C)C)C(=O)N[C@@H](CC(=O)O)C(=O)N[C@@H](Cc1ccccc1)C(=O)O. The number of carboxylic acids is 3. The van der Waals surface area contributed by atoms with Crippen LogP contribution in [-0.4, -0.2) is 175 Å². The van der Waals surface area contributed by atoms with Crippen LogP contribution in [0.25, 0.3) is 21.8 Å². The average molecular weight is 1240 g/mol. The minimum atomic E-state index is -1.79. The van der Waals surface area contributed by atoms with Gasteiger partial charge in [0.25, 0.3) is 0 Å². The topological polar surface area (TPSA) is 420 Å². The summed E-state index contributed by atoms with van der Waals surface area (Å²) in [6.45, 7) is 3.73. The quantitative estimate of drug-likeness (QED) is 0.0255. The van der Waals surface area contributed by atoms with E-state index in [1.165, 1.54) is 16.7 Å². The highest BCUT2D eigenvalue weighted by Crippen LogP contribution is 2.24. The maximum absolute atomic E-state index is 14.9. The standard InChI is InChI=1S/C61H80N12O14S/c1-34(2)52(63)59(84)71-46(30-37-33-65-41-19-10-8-17-39(37)41)56(81)66-42(22-23-50(74)75)53(78)68-44(20-11-12-25-62)60(85)73-26-13-21-49(73)58(83)70-45(29-36-32-64-40-18-9-7-16-38(36)40)55(80)67-43(24-27-88-3)54(79)69-47(31-51(76)77)57(82)72-48(61(86)87)28-35-14-5-4-6-15-35/h4-10,14-19,32-34,42-49,52,64-65H,11-13,20-31,62-63H2,1-3H3,(H,66,81)(H,67,80)(H,68,78)(H,69,79)(H,70,83)(H,71,84)(H,72,82)(H,74,75)(H,76,77)(H,86,87)/t42-,43-,44-,45-,46-,47-,48-,49-,52-/m0/s1.